The Hall–Kier alpha value is -0.780. The highest BCUT2D eigenvalue weighted by Gasteiger charge is 2.16. The molecule has 112 valence electrons. The van der Waals surface area contributed by atoms with E-state index in [9.17, 15) is 4.79 Å². The van der Waals surface area contributed by atoms with Crippen LogP contribution in [0.15, 0.2) is 22.7 Å². The zero-order valence-electron chi connectivity index (χ0n) is 11.4. The van der Waals surface area contributed by atoms with Gasteiger partial charge in [0.2, 0.25) is 5.91 Å². The van der Waals surface area contributed by atoms with Crippen LogP contribution in [-0.4, -0.2) is 32.1 Å². The maximum absolute atomic E-state index is 11.8. The largest absolute Gasteiger partial charge is 0.496 e. The first-order valence-corrected chi connectivity index (χ1v) is 7.31. The lowest BCUT2D eigenvalue weighted by Crippen LogP contribution is -2.36. The number of rotatable bonds is 5. The van der Waals surface area contributed by atoms with Gasteiger partial charge in [-0.2, -0.15) is 0 Å². The molecule has 1 amide bonds. The molecule has 0 bridgehead atoms. The predicted molar refractivity (Wildman–Crippen MR) is 85.7 cm³/mol. The van der Waals surface area contributed by atoms with Crippen molar-refractivity contribution in [3.8, 4) is 5.75 Å². The number of hydrogen-bond acceptors (Lipinski definition) is 3. The number of aryl methyl sites for hydroxylation is 1. The molecule has 20 heavy (non-hydrogen) atoms. The fraction of sp³-hybridized carbons (Fsp3) is 0.500. The number of hydrogen-bond donors (Lipinski definition) is 2. The van der Waals surface area contributed by atoms with E-state index in [4.69, 9.17) is 4.74 Å². The van der Waals surface area contributed by atoms with Gasteiger partial charge < -0.3 is 15.4 Å². The molecular formula is C14H20BrClN2O2. The third-order valence-electron chi connectivity index (χ3n) is 3.28. The number of ether oxygens (including phenoxy) is 1. The van der Waals surface area contributed by atoms with Crippen molar-refractivity contribution in [1.29, 1.82) is 0 Å². The number of halogens is 2. The molecule has 4 nitrogen and oxygen atoms in total. The summed E-state index contributed by atoms with van der Waals surface area (Å²) < 4.78 is 6.11. The van der Waals surface area contributed by atoms with Crippen LogP contribution in [-0.2, 0) is 11.2 Å². The van der Waals surface area contributed by atoms with Crippen molar-refractivity contribution >= 4 is 34.2 Å². The quantitative estimate of drug-likeness (QED) is 0.844. The summed E-state index contributed by atoms with van der Waals surface area (Å²) in [5, 5.41) is 6.29. The van der Waals surface area contributed by atoms with E-state index in [-0.39, 0.29) is 18.3 Å². The van der Waals surface area contributed by atoms with Crippen molar-refractivity contribution in [3.63, 3.8) is 0 Å². The Kier molecular flexibility index (Phi) is 7.34. The Morgan fingerprint density at radius 2 is 2.35 bits per heavy atom. The van der Waals surface area contributed by atoms with Crippen molar-refractivity contribution in [2.75, 3.05) is 20.2 Å². The molecule has 1 heterocycles. The maximum Gasteiger partial charge on any atom is 0.220 e. The molecule has 6 heteroatoms. The van der Waals surface area contributed by atoms with Gasteiger partial charge >= 0.3 is 0 Å². The van der Waals surface area contributed by atoms with Gasteiger partial charge in [0, 0.05) is 19.0 Å². The molecule has 1 aliphatic heterocycles. The van der Waals surface area contributed by atoms with E-state index in [1.54, 1.807) is 7.11 Å². The molecule has 0 radical (unpaired) electrons. The molecule has 0 spiro atoms. The zero-order valence-corrected chi connectivity index (χ0v) is 13.9. The first-order valence-electron chi connectivity index (χ1n) is 6.51. The Balaban J connectivity index is 0.00000200. The number of nitrogens with one attached hydrogen (secondary N) is 2. The van der Waals surface area contributed by atoms with Crippen molar-refractivity contribution < 1.29 is 9.53 Å². The highest BCUT2D eigenvalue weighted by Crippen LogP contribution is 2.25. The maximum atomic E-state index is 11.8. The van der Waals surface area contributed by atoms with E-state index in [2.05, 4.69) is 26.6 Å². The first-order chi connectivity index (χ1) is 9.19. The van der Waals surface area contributed by atoms with Crippen molar-refractivity contribution in [3.05, 3.63) is 28.2 Å². The Morgan fingerprint density at radius 1 is 1.55 bits per heavy atom. The third kappa shape index (κ3) is 4.96. The van der Waals surface area contributed by atoms with Gasteiger partial charge in [-0.15, -0.1) is 12.4 Å². The van der Waals surface area contributed by atoms with Crippen LogP contribution in [0.1, 0.15) is 18.4 Å². The summed E-state index contributed by atoms with van der Waals surface area (Å²) in [5.74, 6) is 0.936. The van der Waals surface area contributed by atoms with Crippen LogP contribution >= 0.6 is 28.3 Å². The third-order valence-corrected chi connectivity index (χ3v) is 3.90. The molecule has 1 aromatic carbocycles. The number of amides is 1. The van der Waals surface area contributed by atoms with E-state index >= 15 is 0 Å². The normalized spacial score (nSPS) is 17.4. The highest BCUT2D eigenvalue weighted by atomic mass is 79.9. The Bertz CT molecular complexity index is 451. The smallest absolute Gasteiger partial charge is 0.220 e. The minimum atomic E-state index is 0. The molecule has 0 aliphatic carbocycles. The number of methoxy groups -OCH3 is 1. The standard InChI is InChI=1S/C14H19BrN2O2.ClH/c1-19-13-4-2-10(8-12(13)15)3-5-14(18)17-11-6-7-16-9-11;/h2,4,8,11,16H,3,5-7,9H2,1H3,(H,17,18);1H. The summed E-state index contributed by atoms with van der Waals surface area (Å²) in [6.07, 6.45) is 2.30. The average molecular weight is 364 g/mol. The summed E-state index contributed by atoms with van der Waals surface area (Å²) in [4.78, 5) is 11.8. The minimum absolute atomic E-state index is 0. The van der Waals surface area contributed by atoms with Crippen molar-refractivity contribution in [1.82, 2.24) is 10.6 Å². The van der Waals surface area contributed by atoms with Gasteiger partial charge in [-0.3, -0.25) is 4.79 Å². The average Bonchev–Trinajstić information content (AvgIpc) is 2.89. The summed E-state index contributed by atoms with van der Waals surface area (Å²) in [5.41, 5.74) is 1.13. The van der Waals surface area contributed by atoms with Gasteiger partial charge in [-0.05, 0) is 53.0 Å². The summed E-state index contributed by atoms with van der Waals surface area (Å²) in [6, 6.07) is 6.21. The minimum Gasteiger partial charge on any atom is -0.496 e. The monoisotopic (exact) mass is 362 g/mol. The lowest BCUT2D eigenvalue weighted by atomic mass is 10.1. The van der Waals surface area contributed by atoms with Gasteiger partial charge in [-0.25, -0.2) is 0 Å². The van der Waals surface area contributed by atoms with Gasteiger partial charge in [0.25, 0.3) is 0 Å². The topological polar surface area (TPSA) is 50.4 Å². The van der Waals surface area contributed by atoms with Crippen LogP contribution in [0.3, 0.4) is 0 Å². The van der Waals surface area contributed by atoms with Crippen LogP contribution < -0.4 is 15.4 Å². The highest BCUT2D eigenvalue weighted by molar-refractivity contribution is 9.10. The molecule has 2 rings (SSSR count). The first kappa shape index (κ1) is 17.3. The van der Waals surface area contributed by atoms with Crippen molar-refractivity contribution in [2.45, 2.75) is 25.3 Å². The molecule has 1 fully saturated rings. The van der Waals surface area contributed by atoms with Gasteiger partial charge in [-0.1, -0.05) is 6.07 Å². The van der Waals surface area contributed by atoms with Crippen LogP contribution in [0.5, 0.6) is 5.75 Å². The van der Waals surface area contributed by atoms with E-state index < -0.39 is 0 Å². The summed E-state index contributed by atoms with van der Waals surface area (Å²) in [6.45, 7) is 1.89. The second-order valence-electron chi connectivity index (χ2n) is 4.73. The number of carbonyl (C=O) groups is 1. The Labute approximate surface area is 134 Å². The molecule has 2 N–H and O–H groups in total. The van der Waals surface area contributed by atoms with E-state index in [0.29, 0.717) is 12.5 Å². The summed E-state index contributed by atoms with van der Waals surface area (Å²) >= 11 is 3.45. The van der Waals surface area contributed by atoms with Crippen molar-refractivity contribution in [2.24, 2.45) is 0 Å². The SMILES string of the molecule is COc1ccc(CCC(=O)NC2CCNC2)cc1Br.Cl. The predicted octanol–water partition coefficient (Wildman–Crippen LogP) is 2.29. The molecule has 1 saturated heterocycles. The number of carbonyl (C=O) groups excluding carboxylic acids is 1. The molecule has 1 aliphatic rings. The lowest BCUT2D eigenvalue weighted by Gasteiger charge is -2.11. The molecular weight excluding hydrogens is 344 g/mol. The second kappa shape index (κ2) is 8.49. The van der Waals surface area contributed by atoms with Gasteiger partial charge in [0.05, 0.1) is 11.6 Å². The lowest BCUT2D eigenvalue weighted by molar-refractivity contribution is -0.121. The van der Waals surface area contributed by atoms with E-state index in [0.717, 1.165) is 41.7 Å². The van der Waals surface area contributed by atoms with Gasteiger partial charge in [0.15, 0.2) is 0 Å². The molecule has 0 saturated carbocycles. The summed E-state index contributed by atoms with van der Waals surface area (Å²) in [7, 11) is 1.64. The zero-order chi connectivity index (χ0) is 13.7. The fourth-order valence-electron chi connectivity index (χ4n) is 2.20. The molecule has 1 atom stereocenters. The molecule has 1 aromatic rings. The second-order valence-corrected chi connectivity index (χ2v) is 5.58. The van der Waals surface area contributed by atoms with Crippen LogP contribution in [0, 0.1) is 0 Å². The van der Waals surface area contributed by atoms with Crippen LogP contribution in [0.2, 0.25) is 0 Å². The van der Waals surface area contributed by atoms with Crippen LogP contribution in [0.4, 0.5) is 0 Å². The molecule has 1 unspecified atom stereocenters. The number of benzene rings is 1. The fourth-order valence-corrected chi connectivity index (χ4v) is 2.79. The molecule has 0 aromatic heterocycles. The van der Waals surface area contributed by atoms with E-state index in [1.807, 2.05) is 18.2 Å². The van der Waals surface area contributed by atoms with Crippen LogP contribution in [0.25, 0.3) is 0 Å². The van der Waals surface area contributed by atoms with Gasteiger partial charge in [0.1, 0.15) is 5.75 Å². The van der Waals surface area contributed by atoms with E-state index in [1.165, 1.54) is 0 Å². The Morgan fingerprint density at radius 3 is 2.95 bits per heavy atom.